The van der Waals surface area contributed by atoms with Crippen LogP contribution in [0, 0.1) is 6.92 Å². The third kappa shape index (κ3) is 4.26. The van der Waals surface area contributed by atoms with Crippen LogP contribution in [-0.4, -0.2) is 16.6 Å². The molecule has 0 unspecified atom stereocenters. The van der Waals surface area contributed by atoms with E-state index in [2.05, 4.69) is 81.2 Å². The Bertz CT molecular complexity index is 1430. The molecule has 3 N–H and O–H groups in total. The van der Waals surface area contributed by atoms with Crippen LogP contribution in [0.4, 0.5) is 0 Å². The molecule has 1 amide bonds. The lowest BCUT2D eigenvalue weighted by atomic mass is 9.87. The first-order valence-corrected chi connectivity index (χ1v) is 13.1. The number of fused-ring (bicyclic) bond motifs is 3. The highest BCUT2D eigenvalue weighted by atomic mass is 16.1. The molecule has 0 saturated heterocycles. The number of benzene rings is 2. The van der Waals surface area contributed by atoms with E-state index in [-0.39, 0.29) is 5.91 Å². The average molecular weight is 478 g/mol. The maximum atomic E-state index is 11.1. The van der Waals surface area contributed by atoms with Gasteiger partial charge >= 0.3 is 0 Å². The predicted octanol–water partition coefficient (Wildman–Crippen LogP) is 6.86. The van der Waals surface area contributed by atoms with Crippen LogP contribution >= 0.6 is 0 Å². The fourth-order valence-electron chi connectivity index (χ4n) is 5.87. The van der Waals surface area contributed by atoms with Gasteiger partial charge in [-0.3, -0.25) is 9.79 Å². The van der Waals surface area contributed by atoms with Gasteiger partial charge in [0, 0.05) is 29.0 Å². The van der Waals surface area contributed by atoms with E-state index in [4.69, 9.17) is 10.7 Å². The maximum Gasteiger partial charge on any atom is 0.217 e. The second-order valence-electron chi connectivity index (χ2n) is 10.0. The number of aryl methyl sites for hydroxylation is 2. The van der Waals surface area contributed by atoms with E-state index in [0.29, 0.717) is 6.42 Å². The number of hydrogen-bond donors (Lipinski definition) is 2. The van der Waals surface area contributed by atoms with Crippen molar-refractivity contribution in [2.45, 2.75) is 66.2 Å². The molecule has 1 aliphatic heterocycles. The molecular weight excluding hydrogens is 442 g/mol. The van der Waals surface area contributed by atoms with Crippen molar-refractivity contribution in [3.63, 3.8) is 0 Å². The van der Waals surface area contributed by atoms with Crippen molar-refractivity contribution in [2.24, 2.45) is 10.7 Å². The van der Waals surface area contributed by atoms with Gasteiger partial charge in [-0.15, -0.1) is 0 Å². The highest BCUT2D eigenvalue weighted by Crippen LogP contribution is 2.42. The van der Waals surface area contributed by atoms with Gasteiger partial charge in [0.25, 0.3) is 0 Å². The number of carbonyl (C=O) groups is 1. The molecule has 0 spiro atoms. The van der Waals surface area contributed by atoms with E-state index >= 15 is 0 Å². The molecule has 1 aromatic heterocycles. The molecule has 3 aromatic rings. The van der Waals surface area contributed by atoms with Gasteiger partial charge in [-0.25, -0.2) is 0 Å². The number of allylic oxidation sites excluding steroid dienone is 2. The third-order valence-electron chi connectivity index (χ3n) is 7.81. The molecule has 36 heavy (non-hydrogen) atoms. The molecule has 0 radical (unpaired) electrons. The first kappa shape index (κ1) is 24.1. The van der Waals surface area contributed by atoms with Crippen LogP contribution in [0.5, 0.6) is 0 Å². The molecule has 5 rings (SSSR count). The lowest BCUT2D eigenvalue weighted by Gasteiger charge is -2.16. The summed E-state index contributed by atoms with van der Waals surface area (Å²) >= 11 is 0. The topological polar surface area (TPSA) is 71.2 Å². The molecule has 0 atom stereocenters. The SMILES string of the molecule is CCC1=C(C)/C(=C(\c2ccc(CCCC(N)=O)cc2)c2[nH]c3c(c2C)CCc2ccccc2-3)N=C1C. The van der Waals surface area contributed by atoms with Gasteiger partial charge in [0.15, 0.2) is 0 Å². The number of carbonyl (C=O) groups excluding carboxylic acids is 1. The summed E-state index contributed by atoms with van der Waals surface area (Å²) in [7, 11) is 0. The van der Waals surface area contributed by atoms with Crippen LogP contribution in [0.3, 0.4) is 0 Å². The summed E-state index contributed by atoms with van der Waals surface area (Å²) in [4.78, 5) is 20.1. The number of rotatable bonds is 7. The molecule has 2 heterocycles. The summed E-state index contributed by atoms with van der Waals surface area (Å²) in [6.45, 7) is 8.79. The van der Waals surface area contributed by atoms with Gasteiger partial charge in [-0.2, -0.15) is 0 Å². The zero-order valence-corrected chi connectivity index (χ0v) is 21.8. The van der Waals surface area contributed by atoms with E-state index < -0.39 is 0 Å². The van der Waals surface area contributed by atoms with Crippen molar-refractivity contribution < 1.29 is 4.79 Å². The summed E-state index contributed by atoms with van der Waals surface area (Å²) in [5, 5.41) is 0. The fraction of sp³-hybridized carbons (Fsp3) is 0.312. The van der Waals surface area contributed by atoms with E-state index in [0.717, 1.165) is 49.1 Å². The largest absolute Gasteiger partial charge is 0.370 e. The van der Waals surface area contributed by atoms with E-state index in [1.54, 1.807) is 0 Å². The normalized spacial score (nSPS) is 16.1. The first-order valence-electron chi connectivity index (χ1n) is 13.1. The smallest absolute Gasteiger partial charge is 0.217 e. The average Bonchev–Trinajstić information content (AvgIpc) is 3.35. The quantitative estimate of drug-likeness (QED) is 0.383. The Balaban J connectivity index is 1.65. The van der Waals surface area contributed by atoms with Crippen LogP contribution in [0.1, 0.15) is 73.5 Å². The van der Waals surface area contributed by atoms with Crippen LogP contribution in [0.2, 0.25) is 0 Å². The van der Waals surface area contributed by atoms with Crippen LogP contribution in [0.25, 0.3) is 16.8 Å². The molecule has 4 heteroatoms. The molecule has 184 valence electrons. The van der Waals surface area contributed by atoms with E-state index in [1.807, 2.05) is 0 Å². The monoisotopic (exact) mass is 477 g/mol. The molecule has 2 aliphatic rings. The number of aromatic nitrogens is 1. The zero-order valence-electron chi connectivity index (χ0n) is 21.8. The van der Waals surface area contributed by atoms with E-state index in [9.17, 15) is 4.79 Å². The molecule has 0 saturated carbocycles. The van der Waals surface area contributed by atoms with E-state index in [1.165, 1.54) is 55.9 Å². The Labute approximate surface area is 214 Å². The Morgan fingerprint density at radius 1 is 1.03 bits per heavy atom. The number of nitrogens with one attached hydrogen (secondary N) is 1. The number of amides is 1. The number of nitrogens with zero attached hydrogens (tertiary/aromatic N) is 1. The number of aromatic amines is 1. The third-order valence-corrected chi connectivity index (χ3v) is 7.81. The highest BCUT2D eigenvalue weighted by Gasteiger charge is 2.27. The molecular formula is C32H35N3O. The van der Waals surface area contributed by atoms with Crippen molar-refractivity contribution >= 4 is 17.2 Å². The Hall–Kier alpha value is -3.66. The standard InChI is InChI=1S/C32H35N3O/c1-5-25-19(2)30(34-21(25)4)29(24-15-13-22(14-16-24)9-8-12-28(33)36)31-20(3)26-18-17-23-10-6-7-11-27(23)32(26)35-31/h6-7,10-11,13-16,35H,5,8-9,12,17-18H2,1-4H3,(H2,33,36)/b30-29-. The van der Waals surface area contributed by atoms with Crippen molar-refractivity contribution in [3.8, 4) is 11.3 Å². The number of hydrogen-bond acceptors (Lipinski definition) is 2. The summed E-state index contributed by atoms with van der Waals surface area (Å²) in [6.07, 6.45) is 5.14. The second-order valence-corrected chi connectivity index (χ2v) is 10.0. The maximum absolute atomic E-state index is 11.1. The number of primary amides is 1. The summed E-state index contributed by atoms with van der Waals surface area (Å²) in [5.74, 6) is -0.241. The van der Waals surface area contributed by atoms with Crippen molar-refractivity contribution in [1.29, 1.82) is 0 Å². The van der Waals surface area contributed by atoms with Crippen molar-refractivity contribution in [2.75, 3.05) is 0 Å². The summed E-state index contributed by atoms with van der Waals surface area (Å²) < 4.78 is 0. The van der Waals surface area contributed by atoms with Crippen LogP contribution in [0.15, 0.2) is 70.4 Å². The summed E-state index contributed by atoms with van der Waals surface area (Å²) in [6, 6.07) is 17.5. The van der Waals surface area contributed by atoms with Crippen molar-refractivity contribution in [1.82, 2.24) is 4.98 Å². The zero-order chi connectivity index (χ0) is 25.4. The van der Waals surface area contributed by atoms with Gasteiger partial charge < -0.3 is 10.7 Å². The van der Waals surface area contributed by atoms with Gasteiger partial charge in [0.1, 0.15) is 0 Å². The van der Waals surface area contributed by atoms with Crippen LogP contribution in [-0.2, 0) is 24.1 Å². The lowest BCUT2D eigenvalue weighted by Crippen LogP contribution is -2.10. The molecule has 0 bridgehead atoms. The van der Waals surface area contributed by atoms with Gasteiger partial charge in [-0.05, 0) is 91.8 Å². The minimum Gasteiger partial charge on any atom is -0.370 e. The Morgan fingerprint density at radius 3 is 2.47 bits per heavy atom. The summed E-state index contributed by atoms with van der Waals surface area (Å²) in [5.41, 5.74) is 21.5. The van der Waals surface area contributed by atoms with Gasteiger partial charge in [0.05, 0.1) is 11.4 Å². The first-order chi connectivity index (χ1) is 17.4. The van der Waals surface area contributed by atoms with Crippen molar-refractivity contribution in [3.05, 3.63) is 98.9 Å². The number of nitrogens with two attached hydrogens (primary N) is 1. The lowest BCUT2D eigenvalue weighted by molar-refractivity contribution is -0.118. The number of aliphatic imine (C=N–C) groups is 1. The molecule has 0 fully saturated rings. The fourth-order valence-corrected chi connectivity index (χ4v) is 5.87. The number of H-pyrrole nitrogens is 1. The highest BCUT2D eigenvalue weighted by molar-refractivity contribution is 6.05. The predicted molar refractivity (Wildman–Crippen MR) is 149 cm³/mol. The van der Waals surface area contributed by atoms with Gasteiger partial charge in [0.2, 0.25) is 5.91 Å². The van der Waals surface area contributed by atoms with Crippen LogP contribution < -0.4 is 5.73 Å². The molecule has 1 aliphatic carbocycles. The minimum absolute atomic E-state index is 0.241. The second kappa shape index (κ2) is 9.77. The van der Waals surface area contributed by atoms with Gasteiger partial charge in [-0.1, -0.05) is 55.5 Å². The minimum atomic E-state index is -0.241. The molecule has 2 aromatic carbocycles. The Kier molecular flexibility index (Phi) is 6.53. The molecule has 4 nitrogen and oxygen atoms in total. The Morgan fingerprint density at radius 2 is 1.78 bits per heavy atom.